The SMILES string of the molecule is Cc1ccc(CN(Cc2ccc3c(c2)OCO3)C(=S)Nc2cccnc2)o1. The number of thiocarbonyl (C=S) groups is 1. The number of fused-ring (bicyclic) bond motifs is 1. The number of anilines is 1. The van der Waals surface area contributed by atoms with Crippen LogP contribution in [0.4, 0.5) is 5.69 Å². The van der Waals surface area contributed by atoms with E-state index < -0.39 is 0 Å². The smallest absolute Gasteiger partial charge is 0.231 e. The maximum absolute atomic E-state index is 5.74. The van der Waals surface area contributed by atoms with Crippen LogP contribution in [0.1, 0.15) is 17.1 Å². The van der Waals surface area contributed by atoms with Gasteiger partial charge in [0.05, 0.1) is 18.4 Å². The largest absolute Gasteiger partial charge is 0.464 e. The van der Waals surface area contributed by atoms with Crippen LogP contribution in [0.5, 0.6) is 11.5 Å². The highest BCUT2D eigenvalue weighted by molar-refractivity contribution is 7.80. The molecule has 138 valence electrons. The Kier molecular flexibility index (Phi) is 4.93. The van der Waals surface area contributed by atoms with Gasteiger partial charge >= 0.3 is 0 Å². The van der Waals surface area contributed by atoms with Crippen molar-refractivity contribution in [3.63, 3.8) is 0 Å². The Labute approximate surface area is 162 Å². The van der Waals surface area contributed by atoms with Crippen LogP contribution in [-0.2, 0) is 13.1 Å². The van der Waals surface area contributed by atoms with Gasteiger partial charge in [0, 0.05) is 12.7 Å². The maximum atomic E-state index is 5.74. The summed E-state index contributed by atoms with van der Waals surface area (Å²) >= 11 is 5.65. The number of aromatic nitrogens is 1. The molecule has 1 aliphatic rings. The summed E-state index contributed by atoms with van der Waals surface area (Å²) in [6.07, 6.45) is 3.46. The molecule has 1 aromatic carbocycles. The monoisotopic (exact) mass is 381 g/mol. The van der Waals surface area contributed by atoms with Crippen LogP contribution in [0.25, 0.3) is 0 Å². The lowest BCUT2D eigenvalue weighted by molar-refractivity contribution is 0.174. The van der Waals surface area contributed by atoms with Crippen LogP contribution in [0, 0.1) is 6.92 Å². The average Bonchev–Trinajstić information content (AvgIpc) is 3.30. The molecule has 1 aliphatic heterocycles. The zero-order valence-electron chi connectivity index (χ0n) is 14.8. The molecule has 2 aromatic heterocycles. The molecule has 6 nitrogen and oxygen atoms in total. The summed E-state index contributed by atoms with van der Waals surface area (Å²) in [4.78, 5) is 6.16. The van der Waals surface area contributed by atoms with Crippen molar-refractivity contribution in [2.75, 3.05) is 12.1 Å². The van der Waals surface area contributed by atoms with Crippen molar-refractivity contribution in [3.05, 3.63) is 71.9 Å². The van der Waals surface area contributed by atoms with E-state index >= 15 is 0 Å². The lowest BCUT2D eigenvalue weighted by Gasteiger charge is -2.25. The fourth-order valence-electron chi connectivity index (χ4n) is 2.86. The molecule has 0 aliphatic carbocycles. The highest BCUT2D eigenvalue weighted by Crippen LogP contribution is 2.33. The van der Waals surface area contributed by atoms with Crippen LogP contribution in [0.2, 0.25) is 0 Å². The van der Waals surface area contributed by atoms with E-state index in [0.717, 1.165) is 34.3 Å². The Morgan fingerprint density at radius 1 is 1.15 bits per heavy atom. The average molecular weight is 381 g/mol. The number of ether oxygens (including phenoxy) is 2. The normalized spacial score (nSPS) is 12.0. The number of aryl methyl sites for hydroxylation is 1. The van der Waals surface area contributed by atoms with Crippen molar-refractivity contribution < 1.29 is 13.9 Å². The van der Waals surface area contributed by atoms with E-state index in [1.54, 1.807) is 12.4 Å². The summed E-state index contributed by atoms with van der Waals surface area (Å²) in [5, 5.41) is 3.83. The minimum Gasteiger partial charge on any atom is -0.464 e. The van der Waals surface area contributed by atoms with Crippen molar-refractivity contribution in [1.82, 2.24) is 9.88 Å². The summed E-state index contributed by atoms with van der Waals surface area (Å²) < 4.78 is 16.6. The first-order valence-corrected chi connectivity index (χ1v) is 8.98. The topological polar surface area (TPSA) is 59.8 Å². The first kappa shape index (κ1) is 17.4. The molecular formula is C20H19N3O3S. The number of furan rings is 1. The quantitative estimate of drug-likeness (QED) is 0.667. The molecule has 4 rings (SSSR count). The molecular weight excluding hydrogens is 362 g/mol. The van der Waals surface area contributed by atoms with Crippen LogP contribution < -0.4 is 14.8 Å². The summed E-state index contributed by atoms with van der Waals surface area (Å²) in [6, 6.07) is 13.6. The maximum Gasteiger partial charge on any atom is 0.231 e. The molecule has 0 radical (unpaired) electrons. The van der Waals surface area contributed by atoms with Gasteiger partial charge in [-0.3, -0.25) is 4.98 Å². The molecule has 3 aromatic rings. The van der Waals surface area contributed by atoms with Crippen LogP contribution >= 0.6 is 12.2 Å². The Balaban J connectivity index is 1.54. The van der Waals surface area contributed by atoms with Crippen molar-refractivity contribution in [2.24, 2.45) is 0 Å². The van der Waals surface area contributed by atoms with Crippen LogP contribution in [0.3, 0.4) is 0 Å². The third-order valence-corrected chi connectivity index (χ3v) is 4.51. The van der Waals surface area contributed by atoms with Gasteiger partial charge in [-0.1, -0.05) is 6.07 Å². The zero-order chi connectivity index (χ0) is 18.6. The third-order valence-electron chi connectivity index (χ3n) is 4.15. The highest BCUT2D eigenvalue weighted by Gasteiger charge is 2.17. The molecule has 0 bridgehead atoms. The third kappa shape index (κ3) is 4.20. The second-order valence-corrected chi connectivity index (χ2v) is 6.61. The molecule has 7 heteroatoms. The molecule has 0 unspecified atom stereocenters. The van der Waals surface area contributed by atoms with E-state index in [-0.39, 0.29) is 6.79 Å². The van der Waals surface area contributed by atoms with E-state index in [4.69, 9.17) is 26.1 Å². The number of nitrogens with zero attached hydrogens (tertiary/aromatic N) is 2. The molecule has 0 saturated carbocycles. The van der Waals surface area contributed by atoms with Crippen LogP contribution in [-0.4, -0.2) is 21.8 Å². The van der Waals surface area contributed by atoms with Gasteiger partial charge in [-0.2, -0.15) is 0 Å². The van der Waals surface area contributed by atoms with E-state index in [9.17, 15) is 0 Å². The minimum absolute atomic E-state index is 0.259. The van der Waals surface area contributed by atoms with Crippen molar-refractivity contribution in [1.29, 1.82) is 0 Å². The molecule has 0 amide bonds. The fraction of sp³-hybridized carbons (Fsp3) is 0.200. The number of hydrogen-bond donors (Lipinski definition) is 1. The molecule has 3 heterocycles. The second-order valence-electron chi connectivity index (χ2n) is 6.23. The van der Waals surface area contributed by atoms with Gasteiger partial charge < -0.3 is 24.1 Å². The Hall–Kier alpha value is -3.06. The zero-order valence-corrected chi connectivity index (χ0v) is 15.7. The molecule has 0 spiro atoms. The van der Waals surface area contributed by atoms with Crippen molar-refractivity contribution in [3.8, 4) is 11.5 Å². The fourth-order valence-corrected chi connectivity index (χ4v) is 3.10. The Morgan fingerprint density at radius 2 is 2.04 bits per heavy atom. The molecule has 27 heavy (non-hydrogen) atoms. The van der Waals surface area contributed by atoms with Gasteiger partial charge in [-0.25, -0.2) is 0 Å². The molecule has 1 N–H and O–H groups in total. The summed E-state index contributed by atoms with van der Waals surface area (Å²) in [7, 11) is 0. The first-order chi connectivity index (χ1) is 13.2. The predicted molar refractivity (Wildman–Crippen MR) is 106 cm³/mol. The van der Waals surface area contributed by atoms with E-state index in [1.807, 2.05) is 54.3 Å². The van der Waals surface area contributed by atoms with E-state index in [2.05, 4.69) is 10.3 Å². The second kappa shape index (κ2) is 7.67. The van der Waals surface area contributed by atoms with Gasteiger partial charge in [-0.15, -0.1) is 0 Å². The van der Waals surface area contributed by atoms with Gasteiger partial charge in [0.2, 0.25) is 6.79 Å². The summed E-state index contributed by atoms with van der Waals surface area (Å²) in [5.74, 6) is 3.25. The summed E-state index contributed by atoms with van der Waals surface area (Å²) in [5.41, 5.74) is 1.91. The Bertz CT molecular complexity index is 943. The number of rotatable bonds is 5. The summed E-state index contributed by atoms with van der Waals surface area (Å²) in [6.45, 7) is 3.34. The number of pyridine rings is 1. The molecule has 0 fully saturated rings. The van der Waals surface area contributed by atoms with Crippen LogP contribution in [0.15, 0.2) is 59.3 Å². The number of hydrogen-bond acceptors (Lipinski definition) is 5. The molecule has 0 atom stereocenters. The lowest BCUT2D eigenvalue weighted by atomic mass is 10.2. The van der Waals surface area contributed by atoms with Gasteiger partial charge in [0.1, 0.15) is 11.5 Å². The standard InChI is InChI=1S/C20H19N3O3S/c1-14-4-6-17(26-14)12-23(20(27)22-16-3-2-8-21-10-16)11-15-5-7-18-19(9-15)25-13-24-18/h2-10H,11-13H2,1H3,(H,22,27). The van der Waals surface area contributed by atoms with Crippen molar-refractivity contribution >= 4 is 23.0 Å². The number of nitrogens with one attached hydrogen (secondary N) is 1. The predicted octanol–water partition coefficient (Wildman–Crippen LogP) is 4.11. The van der Waals surface area contributed by atoms with E-state index in [0.29, 0.717) is 18.2 Å². The van der Waals surface area contributed by atoms with Gasteiger partial charge in [0.15, 0.2) is 16.6 Å². The minimum atomic E-state index is 0.259. The van der Waals surface area contributed by atoms with Gasteiger partial charge in [-0.05, 0) is 61.1 Å². The molecule has 0 saturated heterocycles. The highest BCUT2D eigenvalue weighted by atomic mass is 32.1. The van der Waals surface area contributed by atoms with Gasteiger partial charge in [0.25, 0.3) is 0 Å². The Morgan fingerprint density at radius 3 is 2.81 bits per heavy atom. The number of benzene rings is 1. The first-order valence-electron chi connectivity index (χ1n) is 8.57. The van der Waals surface area contributed by atoms with Crippen molar-refractivity contribution in [2.45, 2.75) is 20.0 Å². The lowest BCUT2D eigenvalue weighted by Crippen LogP contribution is -2.33. The van der Waals surface area contributed by atoms with E-state index in [1.165, 1.54) is 0 Å².